The average Bonchev–Trinajstić information content (AvgIpc) is 2.56. The molecule has 0 aliphatic heterocycles. The van der Waals surface area contributed by atoms with Gasteiger partial charge in [0.2, 0.25) is 0 Å². The first kappa shape index (κ1) is 20.0. The highest BCUT2D eigenvalue weighted by molar-refractivity contribution is 5.66. The van der Waals surface area contributed by atoms with E-state index in [4.69, 9.17) is 9.84 Å². The Bertz CT molecular complexity index is 524. The molecule has 3 N–H and O–H groups in total. The van der Waals surface area contributed by atoms with Crippen LogP contribution in [0.4, 0.5) is 0 Å². The molecule has 0 aromatic heterocycles. The molecule has 5 nitrogen and oxygen atoms in total. The maximum absolute atomic E-state index is 10.4. The molecule has 0 heterocycles. The molecule has 1 rings (SSSR count). The molecule has 0 saturated heterocycles. The Hall–Kier alpha value is -2.01. The van der Waals surface area contributed by atoms with Crippen LogP contribution in [0.1, 0.15) is 50.5 Å². The van der Waals surface area contributed by atoms with E-state index in [-0.39, 0.29) is 12.2 Å². The van der Waals surface area contributed by atoms with Crippen LogP contribution in [0.5, 0.6) is 11.5 Å². The first-order valence-corrected chi connectivity index (χ1v) is 8.45. The molecule has 0 radical (unpaired) electrons. The molecule has 24 heavy (non-hydrogen) atoms. The highest BCUT2D eigenvalue weighted by Gasteiger charge is 2.05. The third kappa shape index (κ3) is 8.58. The van der Waals surface area contributed by atoms with Crippen LogP contribution in [-0.2, 0) is 11.2 Å². The van der Waals surface area contributed by atoms with Gasteiger partial charge in [0.1, 0.15) is 0 Å². The van der Waals surface area contributed by atoms with Crippen molar-refractivity contribution in [3.8, 4) is 11.5 Å². The van der Waals surface area contributed by atoms with Crippen molar-refractivity contribution in [3.05, 3.63) is 35.9 Å². The van der Waals surface area contributed by atoms with Crippen LogP contribution in [-0.4, -0.2) is 34.5 Å². The van der Waals surface area contributed by atoms with Gasteiger partial charge < -0.3 is 20.1 Å². The van der Waals surface area contributed by atoms with Crippen molar-refractivity contribution in [3.63, 3.8) is 0 Å². The Morgan fingerprint density at radius 1 is 1.25 bits per heavy atom. The van der Waals surface area contributed by atoms with Crippen LogP contribution < -0.4 is 4.74 Å². The van der Waals surface area contributed by atoms with E-state index in [1.54, 1.807) is 12.1 Å². The van der Waals surface area contributed by atoms with Crippen LogP contribution in [0.2, 0.25) is 0 Å². The number of aliphatic carboxylic acids is 1. The lowest BCUT2D eigenvalue weighted by molar-refractivity contribution is -0.137. The predicted molar refractivity (Wildman–Crippen MR) is 93.5 cm³/mol. The topological polar surface area (TPSA) is 87.0 Å². The maximum atomic E-state index is 10.4. The first-order valence-electron chi connectivity index (χ1n) is 8.45. The van der Waals surface area contributed by atoms with Crippen molar-refractivity contribution in [2.75, 3.05) is 7.11 Å². The number of unbranched alkanes of at least 4 members (excludes halogenated alkanes) is 4. The molecule has 1 atom stereocenters. The van der Waals surface area contributed by atoms with E-state index in [1.165, 1.54) is 7.11 Å². The van der Waals surface area contributed by atoms with Crippen molar-refractivity contribution in [1.29, 1.82) is 0 Å². The van der Waals surface area contributed by atoms with Crippen LogP contribution >= 0.6 is 0 Å². The van der Waals surface area contributed by atoms with Gasteiger partial charge >= 0.3 is 5.97 Å². The van der Waals surface area contributed by atoms with Crippen molar-refractivity contribution >= 4 is 5.97 Å². The molecule has 134 valence electrons. The number of aliphatic hydroxyl groups is 1. The average molecular weight is 336 g/mol. The van der Waals surface area contributed by atoms with E-state index in [0.717, 1.165) is 37.7 Å². The number of benzene rings is 1. The van der Waals surface area contributed by atoms with Crippen LogP contribution in [0.25, 0.3) is 0 Å². The lowest BCUT2D eigenvalue weighted by atomic mass is 10.1. The number of allylic oxidation sites excluding steroid dienone is 1. The summed E-state index contributed by atoms with van der Waals surface area (Å²) in [6.07, 6.45) is 9.47. The summed E-state index contributed by atoms with van der Waals surface area (Å²) in [6, 6.07) is 5.20. The Kier molecular flexibility index (Phi) is 9.61. The van der Waals surface area contributed by atoms with E-state index in [2.05, 4.69) is 0 Å². The number of rotatable bonds is 12. The van der Waals surface area contributed by atoms with Crippen LogP contribution in [0.3, 0.4) is 0 Å². The third-order valence-corrected chi connectivity index (χ3v) is 3.84. The summed E-state index contributed by atoms with van der Waals surface area (Å²) in [5.41, 5.74) is 1.01. The van der Waals surface area contributed by atoms with Gasteiger partial charge in [-0.15, -0.1) is 0 Å². The summed E-state index contributed by atoms with van der Waals surface area (Å²) in [7, 11) is 1.51. The third-order valence-electron chi connectivity index (χ3n) is 3.84. The van der Waals surface area contributed by atoms with Gasteiger partial charge in [-0.1, -0.05) is 31.1 Å². The molecule has 0 bridgehead atoms. The Morgan fingerprint density at radius 3 is 2.71 bits per heavy atom. The number of ether oxygens (including phenoxy) is 1. The number of carbonyl (C=O) groups is 1. The number of aliphatic hydroxyl groups excluding tert-OH is 1. The van der Waals surface area contributed by atoms with E-state index in [0.29, 0.717) is 18.6 Å². The lowest BCUT2D eigenvalue weighted by Gasteiger charge is -2.08. The molecule has 0 saturated carbocycles. The fourth-order valence-electron chi connectivity index (χ4n) is 2.43. The molecule has 0 fully saturated rings. The normalized spacial score (nSPS) is 12.4. The molecular weight excluding hydrogens is 308 g/mol. The molecule has 5 heteroatoms. The fraction of sp³-hybridized carbons (Fsp3) is 0.526. The summed E-state index contributed by atoms with van der Waals surface area (Å²) in [5, 5.41) is 28.0. The number of hydrogen-bond donors (Lipinski definition) is 3. The second-order valence-electron chi connectivity index (χ2n) is 5.89. The van der Waals surface area contributed by atoms with Gasteiger partial charge in [0.05, 0.1) is 13.2 Å². The van der Waals surface area contributed by atoms with Gasteiger partial charge in [0.15, 0.2) is 11.5 Å². The zero-order chi connectivity index (χ0) is 17.8. The number of carboxylic acids is 1. The molecule has 0 aliphatic carbocycles. The molecule has 0 amide bonds. The summed E-state index contributed by atoms with van der Waals surface area (Å²) in [4.78, 5) is 10.4. The highest BCUT2D eigenvalue weighted by Crippen LogP contribution is 2.26. The highest BCUT2D eigenvalue weighted by atomic mass is 16.5. The van der Waals surface area contributed by atoms with Crippen molar-refractivity contribution < 1.29 is 24.9 Å². The van der Waals surface area contributed by atoms with Crippen molar-refractivity contribution in [2.45, 2.75) is 57.5 Å². The predicted octanol–water partition coefficient (Wildman–Crippen LogP) is 3.68. The second-order valence-corrected chi connectivity index (χ2v) is 5.89. The SMILES string of the molecule is COc1cc(CCC(O)C=CCCCCCCC(=O)O)ccc1O. The fourth-order valence-corrected chi connectivity index (χ4v) is 2.43. The van der Waals surface area contributed by atoms with E-state index < -0.39 is 12.1 Å². The van der Waals surface area contributed by atoms with Crippen molar-refractivity contribution in [1.82, 2.24) is 0 Å². The summed E-state index contributed by atoms with van der Waals surface area (Å²) in [5.74, 6) is -0.172. The summed E-state index contributed by atoms with van der Waals surface area (Å²) >= 11 is 0. The largest absolute Gasteiger partial charge is 0.504 e. The zero-order valence-corrected chi connectivity index (χ0v) is 14.3. The standard InChI is InChI=1S/C19H28O5/c1-24-18-14-15(11-13-17(18)21)10-12-16(20)8-6-4-2-3-5-7-9-19(22)23/h6,8,11,13-14,16,20-21H,2-5,7,9-10,12H2,1H3,(H,22,23). The smallest absolute Gasteiger partial charge is 0.303 e. The quantitative estimate of drug-likeness (QED) is 0.400. The number of aryl methyl sites for hydroxylation is 1. The number of hydrogen-bond acceptors (Lipinski definition) is 4. The minimum Gasteiger partial charge on any atom is -0.504 e. The minimum absolute atomic E-state index is 0.116. The van der Waals surface area contributed by atoms with Gasteiger partial charge in [-0.2, -0.15) is 0 Å². The molecular formula is C19H28O5. The molecule has 1 aromatic rings. The van der Waals surface area contributed by atoms with E-state index in [9.17, 15) is 15.0 Å². The molecule has 0 spiro atoms. The Morgan fingerprint density at radius 2 is 2.00 bits per heavy atom. The zero-order valence-electron chi connectivity index (χ0n) is 14.3. The van der Waals surface area contributed by atoms with Gasteiger partial charge in [0, 0.05) is 6.42 Å². The summed E-state index contributed by atoms with van der Waals surface area (Å²) in [6.45, 7) is 0. The molecule has 0 aliphatic rings. The van der Waals surface area contributed by atoms with Crippen LogP contribution in [0, 0.1) is 0 Å². The number of methoxy groups -OCH3 is 1. The number of carboxylic acid groups (broad SMARTS) is 1. The number of aromatic hydroxyl groups is 1. The van der Waals surface area contributed by atoms with Gasteiger partial charge in [-0.3, -0.25) is 4.79 Å². The number of phenols is 1. The monoisotopic (exact) mass is 336 g/mol. The Balaban J connectivity index is 2.17. The minimum atomic E-state index is -0.732. The van der Waals surface area contributed by atoms with E-state index in [1.807, 2.05) is 18.2 Å². The summed E-state index contributed by atoms with van der Waals surface area (Å²) < 4.78 is 5.07. The maximum Gasteiger partial charge on any atom is 0.303 e. The molecule has 1 unspecified atom stereocenters. The first-order chi connectivity index (χ1) is 11.5. The number of phenolic OH excluding ortho intramolecular Hbond substituents is 1. The van der Waals surface area contributed by atoms with Crippen LogP contribution in [0.15, 0.2) is 30.4 Å². The molecule has 1 aromatic carbocycles. The van der Waals surface area contributed by atoms with E-state index >= 15 is 0 Å². The van der Waals surface area contributed by atoms with Gasteiger partial charge in [-0.25, -0.2) is 0 Å². The lowest BCUT2D eigenvalue weighted by Crippen LogP contribution is -2.04. The van der Waals surface area contributed by atoms with Gasteiger partial charge in [-0.05, 0) is 49.8 Å². The second kappa shape index (κ2) is 11.5. The van der Waals surface area contributed by atoms with Gasteiger partial charge in [0.25, 0.3) is 0 Å². The van der Waals surface area contributed by atoms with Crippen molar-refractivity contribution in [2.24, 2.45) is 0 Å². The Labute approximate surface area is 143 Å².